The molecule has 0 saturated carbocycles. The molecule has 186 valence electrons. The summed E-state index contributed by atoms with van der Waals surface area (Å²) in [7, 11) is -6.07. The molecule has 0 saturated heterocycles. The van der Waals surface area contributed by atoms with Gasteiger partial charge >= 0.3 is 6.09 Å². The molecule has 14 heteroatoms. The van der Waals surface area contributed by atoms with E-state index in [1.54, 1.807) is 18.2 Å². The van der Waals surface area contributed by atoms with E-state index in [9.17, 15) is 31.5 Å². The van der Waals surface area contributed by atoms with E-state index in [0.717, 1.165) is 23.5 Å². The molecule has 3 rings (SSSR count). The van der Waals surface area contributed by atoms with Gasteiger partial charge in [-0.25, -0.2) is 21.6 Å². The Labute approximate surface area is 201 Å². The number of benzene rings is 3. The van der Waals surface area contributed by atoms with Crippen molar-refractivity contribution in [3.05, 3.63) is 54.1 Å². The summed E-state index contributed by atoms with van der Waals surface area (Å²) < 4.78 is 56.4. The van der Waals surface area contributed by atoms with Gasteiger partial charge in [0.25, 0.3) is 5.91 Å². The average molecular weight is 523 g/mol. The summed E-state index contributed by atoms with van der Waals surface area (Å²) in [5, 5.41) is 11.1. The van der Waals surface area contributed by atoms with Gasteiger partial charge in [0.15, 0.2) is 5.75 Å². The van der Waals surface area contributed by atoms with E-state index in [2.05, 4.69) is 9.44 Å². The van der Waals surface area contributed by atoms with Gasteiger partial charge in [0, 0.05) is 17.8 Å². The van der Waals surface area contributed by atoms with Crippen LogP contribution in [0.1, 0.15) is 10.4 Å². The summed E-state index contributed by atoms with van der Waals surface area (Å²) in [5.41, 5.74) is 5.36. The molecule has 35 heavy (non-hydrogen) atoms. The van der Waals surface area contributed by atoms with Crippen LogP contribution in [0.5, 0.6) is 11.5 Å². The second-order valence-electron chi connectivity index (χ2n) is 7.58. The summed E-state index contributed by atoms with van der Waals surface area (Å²) in [6.07, 6.45) is 0.884. The largest absolute Gasteiger partial charge is 0.506 e. The summed E-state index contributed by atoms with van der Waals surface area (Å²) in [6.45, 7) is 0. The lowest BCUT2D eigenvalue weighted by atomic mass is 10.0. The molecular formula is C21H22N4O8S2. The van der Waals surface area contributed by atoms with E-state index in [0.29, 0.717) is 11.1 Å². The number of ether oxygens (including phenoxy) is 1. The zero-order valence-electron chi connectivity index (χ0n) is 18.8. The smallest absolute Gasteiger partial charge is 0.419 e. The Morgan fingerprint density at radius 1 is 0.943 bits per heavy atom. The highest BCUT2D eigenvalue weighted by Crippen LogP contribution is 2.35. The van der Waals surface area contributed by atoms with Gasteiger partial charge in [-0.05, 0) is 30.3 Å². The van der Waals surface area contributed by atoms with Crippen molar-refractivity contribution < 1.29 is 36.3 Å². The van der Waals surface area contributed by atoms with Gasteiger partial charge in [-0.2, -0.15) is 0 Å². The van der Waals surface area contributed by atoms with Gasteiger partial charge < -0.3 is 15.6 Å². The molecule has 0 fully saturated rings. The van der Waals surface area contributed by atoms with Crippen molar-refractivity contribution in [1.29, 1.82) is 0 Å². The molecular weight excluding hydrogens is 500 g/mol. The van der Waals surface area contributed by atoms with Crippen LogP contribution in [0.2, 0.25) is 0 Å². The Kier molecular flexibility index (Phi) is 6.80. The van der Waals surface area contributed by atoms with Crippen molar-refractivity contribution in [2.75, 3.05) is 33.9 Å². The number of carbonyl (C=O) groups excluding carboxylic acids is 2. The van der Waals surface area contributed by atoms with Crippen LogP contribution < -0.4 is 24.8 Å². The van der Waals surface area contributed by atoms with E-state index in [-0.39, 0.29) is 33.8 Å². The first-order chi connectivity index (χ1) is 16.2. The molecule has 0 spiro atoms. The van der Waals surface area contributed by atoms with Crippen molar-refractivity contribution in [2.24, 2.45) is 5.73 Å². The molecule has 0 aliphatic carbocycles. The van der Waals surface area contributed by atoms with Gasteiger partial charge in [-0.1, -0.05) is 18.2 Å². The van der Waals surface area contributed by atoms with Gasteiger partial charge in [0.2, 0.25) is 20.0 Å². The number of sulfonamides is 2. The number of carbonyl (C=O) groups is 2. The van der Waals surface area contributed by atoms with Crippen molar-refractivity contribution in [3.63, 3.8) is 0 Å². The van der Waals surface area contributed by atoms with Gasteiger partial charge in [-0.15, -0.1) is 0 Å². The van der Waals surface area contributed by atoms with Crippen LogP contribution in [-0.2, 0) is 20.0 Å². The molecule has 3 aromatic rings. The number of fused-ring (bicyclic) bond motifs is 1. The van der Waals surface area contributed by atoms with Crippen LogP contribution in [0.4, 0.5) is 21.9 Å². The van der Waals surface area contributed by atoms with Crippen LogP contribution >= 0.6 is 0 Å². The molecule has 5 N–H and O–H groups in total. The van der Waals surface area contributed by atoms with Crippen LogP contribution in [0.3, 0.4) is 0 Å². The van der Waals surface area contributed by atoms with E-state index in [4.69, 9.17) is 10.5 Å². The van der Waals surface area contributed by atoms with Gasteiger partial charge in [0.1, 0.15) is 5.75 Å². The molecule has 12 nitrogen and oxygen atoms in total. The number of primary amides is 1. The molecule has 3 aromatic carbocycles. The first kappa shape index (κ1) is 25.6. The molecule has 0 bridgehead atoms. The van der Waals surface area contributed by atoms with E-state index in [1.165, 1.54) is 31.3 Å². The summed E-state index contributed by atoms with van der Waals surface area (Å²) in [5.74, 6) is -1.35. The van der Waals surface area contributed by atoms with Crippen LogP contribution in [0.25, 0.3) is 10.8 Å². The van der Waals surface area contributed by atoms with Crippen molar-refractivity contribution in [2.45, 2.75) is 0 Å². The number of phenols is 1. The van der Waals surface area contributed by atoms with E-state index >= 15 is 0 Å². The monoisotopic (exact) mass is 522 g/mol. The molecule has 0 atom stereocenters. The average Bonchev–Trinajstić information content (AvgIpc) is 2.72. The van der Waals surface area contributed by atoms with Crippen LogP contribution in [0.15, 0.2) is 48.5 Å². The highest BCUT2D eigenvalue weighted by molar-refractivity contribution is 7.92. The van der Waals surface area contributed by atoms with Crippen molar-refractivity contribution in [3.8, 4) is 11.5 Å². The second-order valence-corrected chi connectivity index (χ2v) is 11.1. The minimum atomic E-state index is -3.81. The van der Waals surface area contributed by atoms with Crippen LogP contribution in [0, 0.1) is 0 Å². The Balaban J connectivity index is 1.98. The fourth-order valence-corrected chi connectivity index (χ4v) is 4.37. The number of nitrogens with two attached hydrogens (primary N) is 1. The standard InChI is InChI=1S/C21H22N4O8S2/c1-25(17-6-4-5-14-13(17)8-9-15(19(14)26)20(22)27)21(28)33-18-10-7-12(23-34(2,29)30)11-16(18)24-35(3,31)32/h4-11,23-24,26H,1-3H3,(H2,22,27). The first-order valence-electron chi connectivity index (χ1n) is 9.76. The maximum absolute atomic E-state index is 12.9. The Morgan fingerprint density at radius 2 is 1.60 bits per heavy atom. The topological polar surface area (TPSA) is 185 Å². The molecule has 0 radical (unpaired) electrons. The minimum Gasteiger partial charge on any atom is -0.506 e. The second kappa shape index (κ2) is 9.31. The zero-order valence-corrected chi connectivity index (χ0v) is 20.4. The Hall–Kier alpha value is -4.04. The van der Waals surface area contributed by atoms with E-state index < -0.39 is 32.0 Å². The van der Waals surface area contributed by atoms with Gasteiger partial charge in [0.05, 0.1) is 35.1 Å². The van der Waals surface area contributed by atoms with Crippen LogP contribution in [-0.4, -0.2) is 53.5 Å². The third-order valence-electron chi connectivity index (χ3n) is 4.69. The molecule has 2 amide bonds. The number of rotatable bonds is 7. The Bertz CT molecular complexity index is 1550. The number of nitrogens with one attached hydrogen (secondary N) is 2. The molecule has 0 aromatic heterocycles. The number of hydrogen-bond donors (Lipinski definition) is 4. The predicted octanol–water partition coefficient (Wildman–Crippen LogP) is 2.02. The summed E-state index contributed by atoms with van der Waals surface area (Å²) >= 11 is 0. The Morgan fingerprint density at radius 3 is 2.20 bits per heavy atom. The maximum Gasteiger partial charge on any atom is 0.419 e. The molecule has 0 aliphatic rings. The predicted molar refractivity (Wildman–Crippen MR) is 132 cm³/mol. The lowest BCUT2D eigenvalue weighted by Crippen LogP contribution is -2.30. The number of nitrogens with zero attached hydrogens (tertiary/aromatic N) is 1. The third kappa shape index (κ3) is 6.10. The SMILES string of the molecule is CN(C(=O)Oc1ccc(NS(C)(=O)=O)cc1NS(C)(=O)=O)c1cccc2c(O)c(C(N)=O)ccc12. The number of anilines is 3. The molecule has 0 heterocycles. The minimum absolute atomic E-state index is 0.0431. The number of amides is 2. The lowest BCUT2D eigenvalue weighted by molar-refractivity contribution is 0.0998. The molecule has 0 unspecified atom stereocenters. The van der Waals surface area contributed by atoms with Crippen molar-refractivity contribution >= 4 is 59.9 Å². The maximum atomic E-state index is 12.9. The first-order valence-corrected chi connectivity index (χ1v) is 13.5. The molecule has 0 aliphatic heterocycles. The van der Waals surface area contributed by atoms with E-state index in [1.807, 2.05) is 0 Å². The quantitative estimate of drug-likeness (QED) is 0.363. The number of hydrogen-bond acceptors (Lipinski definition) is 8. The fraction of sp³-hybridized carbons (Fsp3) is 0.143. The summed E-state index contributed by atoms with van der Waals surface area (Å²) in [4.78, 5) is 25.6. The van der Waals surface area contributed by atoms with Gasteiger partial charge in [-0.3, -0.25) is 19.1 Å². The van der Waals surface area contributed by atoms with Crippen molar-refractivity contribution in [1.82, 2.24) is 0 Å². The highest BCUT2D eigenvalue weighted by atomic mass is 32.2. The normalized spacial score (nSPS) is 11.6. The zero-order chi connectivity index (χ0) is 26.1. The highest BCUT2D eigenvalue weighted by Gasteiger charge is 2.21. The summed E-state index contributed by atoms with van der Waals surface area (Å²) in [6, 6.07) is 11.2. The fourth-order valence-electron chi connectivity index (χ4n) is 3.25. The lowest BCUT2D eigenvalue weighted by Gasteiger charge is -2.21. The third-order valence-corrected chi connectivity index (χ3v) is 5.88. The number of aromatic hydroxyl groups is 1.